The van der Waals surface area contributed by atoms with E-state index >= 15 is 0 Å². The summed E-state index contributed by atoms with van der Waals surface area (Å²) < 4.78 is 0. The molecule has 1 aromatic rings. The third-order valence-electron chi connectivity index (χ3n) is 4.03. The van der Waals surface area contributed by atoms with Gasteiger partial charge < -0.3 is 15.5 Å². The van der Waals surface area contributed by atoms with Crippen LogP contribution in [0.4, 0.5) is 0 Å². The monoisotopic (exact) mass is 349 g/mol. The molecule has 3 nitrogen and oxygen atoms in total. The molecule has 124 valence electrons. The van der Waals surface area contributed by atoms with E-state index in [-0.39, 0.29) is 0 Å². The summed E-state index contributed by atoms with van der Waals surface area (Å²) in [5.41, 5.74) is 2.68. The maximum Gasteiger partial charge on any atom is 0.0842 e. The second-order valence-corrected chi connectivity index (χ2v) is 6.96. The van der Waals surface area contributed by atoms with Crippen molar-refractivity contribution >= 4 is 28.8 Å². The number of halogens is 1. The van der Waals surface area contributed by atoms with E-state index in [1.807, 2.05) is 24.3 Å². The van der Waals surface area contributed by atoms with E-state index in [2.05, 4.69) is 35.7 Å². The van der Waals surface area contributed by atoms with Gasteiger partial charge in [0.25, 0.3) is 0 Å². The van der Waals surface area contributed by atoms with E-state index in [9.17, 15) is 0 Å². The zero-order valence-corrected chi connectivity index (χ0v) is 15.1. The van der Waals surface area contributed by atoms with Crippen molar-refractivity contribution < 1.29 is 0 Å². The Bertz CT molecular complexity index is 574. The highest BCUT2D eigenvalue weighted by atomic mass is 35.5. The van der Waals surface area contributed by atoms with Gasteiger partial charge in [-0.25, -0.2) is 0 Å². The van der Waals surface area contributed by atoms with Gasteiger partial charge >= 0.3 is 0 Å². The molecule has 2 N–H and O–H groups in total. The summed E-state index contributed by atoms with van der Waals surface area (Å²) in [6.07, 6.45) is 2.91. The smallest absolute Gasteiger partial charge is 0.0842 e. The van der Waals surface area contributed by atoms with Gasteiger partial charge in [-0.05, 0) is 50.7 Å². The summed E-state index contributed by atoms with van der Waals surface area (Å²) in [5.74, 6) is 0. The van der Waals surface area contributed by atoms with E-state index in [1.54, 1.807) is 0 Å². The van der Waals surface area contributed by atoms with Gasteiger partial charge in [0.1, 0.15) is 0 Å². The lowest BCUT2D eigenvalue weighted by Crippen LogP contribution is -2.41. The molecule has 0 bridgehead atoms. The van der Waals surface area contributed by atoms with Gasteiger partial charge in [0, 0.05) is 17.5 Å². The van der Waals surface area contributed by atoms with Crippen molar-refractivity contribution in [1.82, 2.24) is 15.5 Å². The number of nitrogens with zero attached hydrogens (tertiary/aromatic N) is 1. The first-order valence-corrected chi connectivity index (χ1v) is 8.60. The molecule has 0 aliphatic carbocycles. The number of piperidine rings is 1. The Labute approximate surface area is 149 Å². The van der Waals surface area contributed by atoms with E-state index in [1.165, 1.54) is 0 Å². The fourth-order valence-corrected chi connectivity index (χ4v) is 2.98. The van der Waals surface area contributed by atoms with Gasteiger partial charge in [-0.1, -0.05) is 49.1 Å². The van der Waals surface area contributed by atoms with Gasteiger partial charge in [-0.2, -0.15) is 0 Å². The topological polar surface area (TPSA) is 27.3 Å². The summed E-state index contributed by atoms with van der Waals surface area (Å²) in [4.78, 5) is 3.07. The van der Waals surface area contributed by atoms with Crippen molar-refractivity contribution in [2.45, 2.75) is 25.3 Å². The van der Waals surface area contributed by atoms with Crippen LogP contribution in [0.25, 0.3) is 0 Å². The van der Waals surface area contributed by atoms with Crippen LogP contribution < -0.4 is 10.6 Å². The number of benzene rings is 1. The molecule has 23 heavy (non-hydrogen) atoms. The Hall–Kier alpha value is -1.36. The lowest BCUT2D eigenvalue weighted by molar-refractivity contribution is 0.242. The maximum absolute atomic E-state index is 5.89. The third kappa shape index (κ3) is 5.98. The van der Waals surface area contributed by atoms with E-state index < -0.39 is 0 Å². The van der Waals surface area contributed by atoms with Crippen LogP contribution in [0.15, 0.2) is 48.8 Å². The summed E-state index contributed by atoms with van der Waals surface area (Å²) in [7, 11) is 2.15. The number of hydrogen-bond acceptors (Lipinski definition) is 3. The minimum Gasteiger partial charge on any atom is -0.381 e. The molecule has 0 radical (unpaired) electrons. The van der Waals surface area contributed by atoms with Crippen LogP contribution >= 0.6 is 23.8 Å². The molecule has 1 heterocycles. The summed E-state index contributed by atoms with van der Waals surface area (Å²) in [6.45, 7) is 10.3. The van der Waals surface area contributed by atoms with E-state index in [0.717, 1.165) is 52.9 Å². The highest BCUT2D eigenvalue weighted by Gasteiger charge is 2.17. The molecule has 0 aromatic heterocycles. The summed E-state index contributed by atoms with van der Waals surface area (Å²) in [6, 6.07) is 8.15. The molecule has 0 atom stereocenters. The predicted molar refractivity (Wildman–Crippen MR) is 103 cm³/mol. The molecular formula is C18H24ClN3S. The average Bonchev–Trinajstić information content (AvgIpc) is 2.51. The summed E-state index contributed by atoms with van der Waals surface area (Å²) in [5, 5.41) is 7.36. The van der Waals surface area contributed by atoms with Crippen LogP contribution in [-0.2, 0) is 6.42 Å². The van der Waals surface area contributed by atoms with Crippen LogP contribution in [-0.4, -0.2) is 36.1 Å². The lowest BCUT2D eigenvalue weighted by Gasteiger charge is -2.31. The van der Waals surface area contributed by atoms with Crippen LogP contribution in [0.2, 0.25) is 5.02 Å². The van der Waals surface area contributed by atoms with Gasteiger partial charge in [-0.15, -0.1) is 0 Å². The second kappa shape index (κ2) is 8.48. The minimum atomic E-state index is 0.460. The molecule has 2 rings (SSSR count). The molecule has 1 aliphatic heterocycles. The SMILES string of the molecule is C=C(NC(=S)Cc1ccc(Cl)cc1)C(=C)NC1CCN(C)CC1. The third-order valence-corrected chi connectivity index (χ3v) is 4.53. The zero-order chi connectivity index (χ0) is 16.8. The molecule has 1 aliphatic rings. The number of hydrogen-bond donors (Lipinski definition) is 2. The molecule has 1 aromatic carbocycles. The maximum atomic E-state index is 5.89. The molecular weight excluding hydrogens is 326 g/mol. The van der Waals surface area contributed by atoms with Crippen LogP contribution in [0.3, 0.4) is 0 Å². The molecule has 0 spiro atoms. The Kier molecular flexibility index (Phi) is 6.63. The van der Waals surface area contributed by atoms with E-state index in [0.29, 0.717) is 12.5 Å². The molecule has 0 amide bonds. The fourth-order valence-electron chi connectivity index (χ4n) is 2.56. The van der Waals surface area contributed by atoms with Crippen LogP contribution in [0.1, 0.15) is 18.4 Å². The minimum absolute atomic E-state index is 0.460. The quantitative estimate of drug-likeness (QED) is 0.607. The molecule has 0 saturated carbocycles. The van der Waals surface area contributed by atoms with Crippen molar-refractivity contribution in [3.05, 3.63) is 59.4 Å². The lowest BCUT2D eigenvalue weighted by atomic mass is 10.1. The zero-order valence-electron chi connectivity index (χ0n) is 13.6. The van der Waals surface area contributed by atoms with Crippen molar-refractivity contribution in [2.24, 2.45) is 0 Å². The molecule has 5 heteroatoms. The Balaban J connectivity index is 1.77. The molecule has 0 unspecified atom stereocenters. The normalized spacial score (nSPS) is 15.9. The van der Waals surface area contributed by atoms with Crippen LogP contribution in [0.5, 0.6) is 0 Å². The first kappa shape index (κ1) is 18.0. The van der Waals surface area contributed by atoms with Crippen molar-refractivity contribution in [1.29, 1.82) is 0 Å². The highest BCUT2D eigenvalue weighted by Crippen LogP contribution is 2.13. The first-order valence-electron chi connectivity index (χ1n) is 7.81. The average molecular weight is 350 g/mol. The molecule has 1 saturated heterocycles. The van der Waals surface area contributed by atoms with Crippen molar-refractivity contribution in [3.8, 4) is 0 Å². The fraction of sp³-hybridized carbons (Fsp3) is 0.389. The van der Waals surface area contributed by atoms with Crippen molar-refractivity contribution in [2.75, 3.05) is 20.1 Å². The Morgan fingerprint density at radius 1 is 1.22 bits per heavy atom. The number of nitrogens with one attached hydrogen (secondary N) is 2. The highest BCUT2D eigenvalue weighted by molar-refractivity contribution is 7.80. The Morgan fingerprint density at radius 2 is 1.83 bits per heavy atom. The number of likely N-dealkylation sites (tertiary alicyclic amines) is 1. The van der Waals surface area contributed by atoms with Gasteiger partial charge in [0.2, 0.25) is 0 Å². The second-order valence-electron chi connectivity index (χ2n) is 6.03. The standard InChI is InChI=1S/C18H24ClN3S/c1-13(20-17-8-10-22(3)11-9-17)14(2)21-18(23)12-15-4-6-16(19)7-5-15/h4-7,17,20H,1-2,8-12H2,3H3,(H,21,23). The predicted octanol–water partition coefficient (Wildman–Crippen LogP) is 3.51. The van der Waals surface area contributed by atoms with Crippen molar-refractivity contribution in [3.63, 3.8) is 0 Å². The number of thiocarbonyl (C=S) groups is 1. The van der Waals surface area contributed by atoms with Gasteiger partial charge in [0.05, 0.1) is 16.4 Å². The van der Waals surface area contributed by atoms with Gasteiger partial charge in [-0.3, -0.25) is 0 Å². The van der Waals surface area contributed by atoms with E-state index in [4.69, 9.17) is 23.8 Å². The largest absolute Gasteiger partial charge is 0.381 e. The number of rotatable bonds is 6. The molecule has 1 fully saturated rings. The first-order chi connectivity index (χ1) is 10.9. The van der Waals surface area contributed by atoms with Gasteiger partial charge in [0.15, 0.2) is 0 Å². The van der Waals surface area contributed by atoms with Crippen LogP contribution in [0, 0.1) is 0 Å². The Morgan fingerprint density at radius 3 is 2.43 bits per heavy atom. The summed E-state index contributed by atoms with van der Waals surface area (Å²) >= 11 is 11.3.